The van der Waals surface area contributed by atoms with Gasteiger partial charge in [-0.3, -0.25) is 9.59 Å². The Bertz CT molecular complexity index is 890. The molecule has 14 N–H and O–H groups in total. The van der Waals surface area contributed by atoms with Gasteiger partial charge in [0.2, 0.25) is 5.91 Å². The highest BCUT2D eigenvalue weighted by molar-refractivity contribution is 5.81. The molecule has 2 saturated heterocycles. The number of nitrogens with one attached hydrogen (secondary N) is 1. The summed E-state index contributed by atoms with van der Waals surface area (Å²) in [5.41, 5.74) is 24.5. The van der Waals surface area contributed by atoms with Crippen molar-refractivity contribution in [3.8, 4) is 0 Å². The molecule has 1 aliphatic carbocycles. The molecule has 0 aromatic rings. The highest BCUT2D eigenvalue weighted by atomic mass is 16.7. The van der Waals surface area contributed by atoms with Crippen LogP contribution in [0.15, 0.2) is 0 Å². The summed E-state index contributed by atoms with van der Waals surface area (Å²) in [5, 5.41) is 54.3. The van der Waals surface area contributed by atoms with E-state index in [0.717, 1.165) is 0 Å². The first-order valence-corrected chi connectivity index (χ1v) is 14.3. The normalized spacial score (nSPS) is 41.9. The van der Waals surface area contributed by atoms with E-state index in [4.69, 9.17) is 51.4 Å². The molecule has 0 bridgehead atoms. The number of esters is 1. The van der Waals surface area contributed by atoms with Gasteiger partial charge >= 0.3 is 5.97 Å². The largest absolute Gasteiger partial charge is 0.463 e. The number of ether oxygens (including phenoxy) is 6. The monoisotopic (exact) mass is 625 g/mol. The van der Waals surface area contributed by atoms with Gasteiger partial charge in [0.05, 0.1) is 37.8 Å². The Balaban J connectivity index is 1.56. The van der Waals surface area contributed by atoms with E-state index < -0.39 is 104 Å². The predicted octanol–water partition coefficient (Wildman–Crippen LogP) is -6.17. The van der Waals surface area contributed by atoms with Gasteiger partial charge in [0.25, 0.3) is 0 Å². The zero-order chi connectivity index (χ0) is 31.8. The first-order chi connectivity index (χ1) is 20.4. The molecule has 1 saturated carbocycles. The maximum Gasteiger partial charge on any atom is 0.306 e. The fourth-order valence-corrected chi connectivity index (χ4v) is 5.23. The zero-order valence-electron chi connectivity index (χ0n) is 24.1. The molecule has 3 rings (SSSR count). The van der Waals surface area contributed by atoms with Crippen molar-refractivity contribution in [3.05, 3.63) is 0 Å². The molecule has 250 valence electrons. The third-order valence-electron chi connectivity index (χ3n) is 7.79. The van der Waals surface area contributed by atoms with Gasteiger partial charge in [-0.25, -0.2) is 0 Å². The van der Waals surface area contributed by atoms with Crippen LogP contribution in [0.1, 0.15) is 25.7 Å². The minimum atomic E-state index is -1.50. The molecule has 0 aromatic carbocycles. The lowest BCUT2D eigenvalue weighted by molar-refractivity contribution is -0.315. The molecule has 2 heterocycles. The summed E-state index contributed by atoms with van der Waals surface area (Å²) < 4.78 is 32.8. The van der Waals surface area contributed by atoms with Crippen molar-refractivity contribution in [1.82, 2.24) is 5.32 Å². The predicted molar refractivity (Wildman–Crippen MR) is 144 cm³/mol. The fourth-order valence-electron chi connectivity index (χ4n) is 5.23. The number of carbonyl (C=O) groups excluding carboxylic acids is 2. The van der Waals surface area contributed by atoms with Crippen LogP contribution < -0.4 is 28.3 Å². The number of hydrogen-bond acceptors (Lipinski definition) is 17. The van der Waals surface area contributed by atoms with Crippen LogP contribution in [-0.4, -0.2) is 156 Å². The Kier molecular flexibility index (Phi) is 13.9. The SMILES string of the molecule is COCCOC(=O)CCC(=O)NCC1OC(OC2C(N)CC(N)C(OC3OC(CO)C(O)C(N)C3O)C2O)[C@@H](N)C[C@@H]1O. The van der Waals surface area contributed by atoms with Gasteiger partial charge in [-0.15, -0.1) is 0 Å². The standard InChI is InChI=1S/C25H47N5O13/c1-38-4-5-39-17(34)3-2-16(33)30-8-14-13(32)7-12(28)24(40-14)42-22-10(26)6-11(27)23(21(22)37)43-25-20(36)18(29)19(35)15(9-31)41-25/h10-15,18-25,31-32,35-37H,2-9,26-29H2,1H3,(H,30,33)/t10?,11?,12-,13-,14?,15?,18?,19?,20?,21?,22?,23?,24?,25?/m0/s1. The maximum atomic E-state index is 12.2. The van der Waals surface area contributed by atoms with Crippen molar-refractivity contribution in [3.63, 3.8) is 0 Å². The third-order valence-corrected chi connectivity index (χ3v) is 7.79. The van der Waals surface area contributed by atoms with E-state index >= 15 is 0 Å². The smallest absolute Gasteiger partial charge is 0.306 e. The van der Waals surface area contributed by atoms with Crippen LogP contribution in [-0.2, 0) is 38.0 Å². The Morgan fingerprint density at radius 1 is 0.814 bits per heavy atom. The lowest BCUT2D eigenvalue weighted by Crippen LogP contribution is -2.68. The van der Waals surface area contributed by atoms with Crippen LogP contribution in [0.4, 0.5) is 0 Å². The number of aliphatic hydroxyl groups is 5. The van der Waals surface area contributed by atoms with Crippen molar-refractivity contribution in [2.24, 2.45) is 22.9 Å². The topological polar surface area (TPSA) is 307 Å². The van der Waals surface area contributed by atoms with Gasteiger partial charge in [0.1, 0.15) is 49.3 Å². The van der Waals surface area contributed by atoms with Crippen molar-refractivity contribution in [2.75, 3.05) is 33.5 Å². The molecule has 12 unspecified atom stereocenters. The van der Waals surface area contributed by atoms with Crippen LogP contribution in [0.25, 0.3) is 0 Å². The van der Waals surface area contributed by atoms with Crippen LogP contribution in [0.3, 0.4) is 0 Å². The summed E-state index contributed by atoms with van der Waals surface area (Å²) in [6, 6.07) is -3.64. The van der Waals surface area contributed by atoms with E-state index in [2.05, 4.69) is 5.32 Å². The number of nitrogens with two attached hydrogens (primary N) is 4. The molecule has 18 nitrogen and oxygen atoms in total. The van der Waals surface area contributed by atoms with Gasteiger partial charge in [-0.1, -0.05) is 0 Å². The van der Waals surface area contributed by atoms with Crippen molar-refractivity contribution in [1.29, 1.82) is 0 Å². The van der Waals surface area contributed by atoms with Gasteiger partial charge in [-0.05, 0) is 12.8 Å². The molecule has 43 heavy (non-hydrogen) atoms. The maximum absolute atomic E-state index is 12.2. The van der Waals surface area contributed by atoms with Crippen LogP contribution in [0, 0.1) is 0 Å². The summed E-state index contributed by atoms with van der Waals surface area (Å²) in [6.45, 7) is -0.386. The molecular formula is C25H47N5O13. The van der Waals surface area contributed by atoms with Gasteiger partial charge in [0.15, 0.2) is 12.6 Å². The average molecular weight is 626 g/mol. The lowest BCUT2D eigenvalue weighted by Gasteiger charge is -2.47. The van der Waals surface area contributed by atoms with Crippen LogP contribution >= 0.6 is 0 Å². The second-order valence-electron chi connectivity index (χ2n) is 11.1. The van der Waals surface area contributed by atoms with Crippen molar-refractivity contribution < 1.29 is 63.5 Å². The first-order valence-electron chi connectivity index (χ1n) is 14.3. The summed E-state index contributed by atoms with van der Waals surface area (Å²) >= 11 is 0. The Labute approximate surface area is 248 Å². The minimum absolute atomic E-state index is 0.0411. The van der Waals surface area contributed by atoms with E-state index in [9.17, 15) is 35.1 Å². The second kappa shape index (κ2) is 16.6. The molecular weight excluding hydrogens is 578 g/mol. The minimum Gasteiger partial charge on any atom is -0.463 e. The molecule has 0 radical (unpaired) electrons. The summed E-state index contributed by atoms with van der Waals surface area (Å²) in [7, 11) is 1.47. The Morgan fingerprint density at radius 3 is 2.07 bits per heavy atom. The highest BCUT2D eigenvalue weighted by Gasteiger charge is 2.50. The lowest BCUT2D eigenvalue weighted by atomic mass is 9.84. The van der Waals surface area contributed by atoms with Crippen molar-refractivity contribution in [2.45, 2.75) is 111 Å². The number of aliphatic hydroxyl groups excluding tert-OH is 5. The molecule has 3 aliphatic rings. The number of amides is 1. The van der Waals surface area contributed by atoms with Crippen LogP contribution in [0.2, 0.25) is 0 Å². The second-order valence-corrected chi connectivity index (χ2v) is 11.1. The summed E-state index contributed by atoms with van der Waals surface area (Å²) in [5.74, 6) is -1.02. The first kappa shape index (κ1) is 35.9. The van der Waals surface area contributed by atoms with E-state index in [-0.39, 0.29) is 45.4 Å². The zero-order valence-corrected chi connectivity index (χ0v) is 24.1. The molecule has 0 aromatic heterocycles. The van der Waals surface area contributed by atoms with Gasteiger partial charge in [0, 0.05) is 32.2 Å². The Hall–Kier alpha value is -1.62. The molecule has 18 heteroatoms. The number of hydrogen-bond donors (Lipinski definition) is 10. The molecule has 1 amide bonds. The summed E-state index contributed by atoms with van der Waals surface area (Å²) in [6.07, 6.45) is -12.4. The number of carbonyl (C=O) groups is 2. The molecule has 14 atom stereocenters. The molecule has 0 spiro atoms. The van der Waals surface area contributed by atoms with Crippen LogP contribution in [0.5, 0.6) is 0 Å². The van der Waals surface area contributed by atoms with E-state index in [1.807, 2.05) is 0 Å². The quantitative estimate of drug-likeness (QED) is 0.0672. The van der Waals surface area contributed by atoms with E-state index in [1.165, 1.54) is 7.11 Å². The van der Waals surface area contributed by atoms with E-state index in [1.54, 1.807) is 0 Å². The van der Waals surface area contributed by atoms with Gasteiger partial charge < -0.3 is 82.2 Å². The average Bonchev–Trinajstić information content (AvgIpc) is 2.96. The molecule has 2 aliphatic heterocycles. The molecule has 3 fully saturated rings. The third kappa shape index (κ3) is 9.44. The van der Waals surface area contributed by atoms with E-state index in [0.29, 0.717) is 0 Å². The van der Waals surface area contributed by atoms with Gasteiger partial charge in [-0.2, -0.15) is 0 Å². The van der Waals surface area contributed by atoms with Crippen molar-refractivity contribution >= 4 is 11.9 Å². The Morgan fingerprint density at radius 2 is 1.44 bits per heavy atom. The fraction of sp³-hybridized carbons (Fsp3) is 0.920. The number of methoxy groups -OCH3 is 1. The highest BCUT2D eigenvalue weighted by Crippen LogP contribution is 2.30. The summed E-state index contributed by atoms with van der Waals surface area (Å²) in [4.78, 5) is 23.9. The number of rotatable bonds is 13.